The molecule has 21 heavy (non-hydrogen) atoms. The molecule has 1 aromatic rings. The second-order valence-corrected chi connectivity index (χ2v) is 7.42. The van der Waals surface area contributed by atoms with Gasteiger partial charge in [0.25, 0.3) is 0 Å². The van der Waals surface area contributed by atoms with E-state index in [0.29, 0.717) is 11.8 Å². The number of piperidine rings is 3. The number of fused-ring (bicyclic) bond motifs is 3. The smallest absolute Gasteiger partial charge is 0.0967 e. The van der Waals surface area contributed by atoms with Crippen molar-refractivity contribution >= 4 is 0 Å². The highest BCUT2D eigenvalue weighted by atomic mass is 16.3. The van der Waals surface area contributed by atoms with Crippen LogP contribution in [0.15, 0.2) is 30.3 Å². The van der Waals surface area contributed by atoms with E-state index in [0.717, 1.165) is 12.5 Å². The fourth-order valence-electron chi connectivity index (χ4n) is 5.29. The van der Waals surface area contributed by atoms with E-state index in [1.165, 1.54) is 57.2 Å². The Morgan fingerprint density at radius 2 is 1.62 bits per heavy atom. The van der Waals surface area contributed by atoms with Crippen LogP contribution in [0.1, 0.15) is 44.1 Å². The molecule has 0 aromatic heterocycles. The van der Waals surface area contributed by atoms with Gasteiger partial charge < -0.3 is 10.0 Å². The molecule has 3 aliphatic heterocycles. The summed E-state index contributed by atoms with van der Waals surface area (Å²) in [5.74, 6) is 1.62. The van der Waals surface area contributed by atoms with E-state index in [9.17, 15) is 5.11 Å². The van der Waals surface area contributed by atoms with Crippen molar-refractivity contribution in [3.05, 3.63) is 35.9 Å². The summed E-state index contributed by atoms with van der Waals surface area (Å²) in [6.45, 7) is 3.60. The molecule has 1 N–H and O–H groups in total. The lowest BCUT2D eigenvalue weighted by Crippen LogP contribution is -2.57. The summed E-state index contributed by atoms with van der Waals surface area (Å²) in [6.07, 6.45) is 7.56. The van der Waals surface area contributed by atoms with E-state index in [1.54, 1.807) is 0 Å². The maximum atomic E-state index is 11.9. The van der Waals surface area contributed by atoms with Crippen molar-refractivity contribution in [1.82, 2.24) is 4.90 Å². The average molecular weight is 285 g/mol. The van der Waals surface area contributed by atoms with Crippen LogP contribution in [-0.2, 0) is 5.60 Å². The van der Waals surface area contributed by atoms with Crippen LogP contribution in [0.25, 0.3) is 0 Å². The van der Waals surface area contributed by atoms with E-state index < -0.39 is 5.60 Å². The molecule has 1 aliphatic carbocycles. The molecule has 0 radical (unpaired) electrons. The Kier molecular flexibility index (Phi) is 3.55. The van der Waals surface area contributed by atoms with Crippen LogP contribution in [0.4, 0.5) is 0 Å². The highest BCUT2D eigenvalue weighted by Crippen LogP contribution is 2.51. The van der Waals surface area contributed by atoms with Gasteiger partial charge in [0.1, 0.15) is 0 Å². The summed E-state index contributed by atoms with van der Waals surface area (Å²) < 4.78 is 0. The predicted molar refractivity (Wildman–Crippen MR) is 85.0 cm³/mol. The van der Waals surface area contributed by atoms with Crippen LogP contribution >= 0.6 is 0 Å². The minimum Gasteiger partial charge on any atom is -0.385 e. The Morgan fingerprint density at radius 1 is 0.952 bits per heavy atom. The molecule has 5 rings (SSSR count). The molecule has 4 aliphatic rings. The monoisotopic (exact) mass is 285 g/mol. The Morgan fingerprint density at radius 3 is 2.19 bits per heavy atom. The fraction of sp³-hybridized carbons (Fsp3) is 0.684. The summed E-state index contributed by atoms with van der Waals surface area (Å²) in [6, 6.07) is 10.6. The number of aliphatic hydroxyl groups is 1. The Bertz CT molecular complexity index is 474. The maximum absolute atomic E-state index is 11.9. The van der Waals surface area contributed by atoms with E-state index in [4.69, 9.17) is 0 Å². The van der Waals surface area contributed by atoms with E-state index in [2.05, 4.69) is 35.2 Å². The van der Waals surface area contributed by atoms with Gasteiger partial charge in [0.15, 0.2) is 0 Å². The number of hydrogen-bond acceptors (Lipinski definition) is 2. The topological polar surface area (TPSA) is 23.5 Å². The third-order valence-corrected chi connectivity index (χ3v) is 6.44. The molecule has 1 aromatic carbocycles. The maximum Gasteiger partial charge on any atom is 0.0967 e. The second-order valence-electron chi connectivity index (χ2n) is 7.42. The average Bonchev–Trinajstić information content (AvgIpc) is 3.11. The van der Waals surface area contributed by atoms with Crippen LogP contribution in [0.2, 0.25) is 0 Å². The lowest BCUT2D eigenvalue weighted by atomic mass is 9.63. The first-order chi connectivity index (χ1) is 10.3. The standard InChI is InChI=1S/C19H27NO/c21-19(17-8-4-5-9-17,16-6-2-1-3-7-16)18-14-20-12-10-15(18)11-13-20/h1-3,6-7,15,17-18,21H,4-5,8-14H2/t18-,19+/m1/s1. The highest BCUT2D eigenvalue weighted by Gasteiger charge is 2.51. The van der Waals surface area contributed by atoms with Crippen molar-refractivity contribution in [2.24, 2.45) is 17.8 Å². The van der Waals surface area contributed by atoms with E-state index in [-0.39, 0.29) is 0 Å². The first kappa shape index (κ1) is 13.8. The Balaban J connectivity index is 1.73. The lowest BCUT2D eigenvalue weighted by molar-refractivity contribution is -0.135. The zero-order valence-corrected chi connectivity index (χ0v) is 12.9. The van der Waals surface area contributed by atoms with Gasteiger partial charge in [0, 0.05) is 12.5 Å². The van der Waals surface area contributed by atoms with Crippen LogP contribution in [-0.4, -0.2) is 29.6 Å². The van der Waals surface area contributed by atoms with Crippen molar-refractivity contribution in [2.45, 2.75) is 44.1 Å². The summed E-state index contributed by atoms with van der Waals surface area (Å²) in [4.78, 5) is 2.58. The summed E-state index contributed by atoms with van der Waals surface area (Å²) in [7, 11) is 0. The largest absolute Gasteiger partial charge is 0.385 e. The van der Waals surface area contributed by atoms with Gasteiger partial charge in [0.2, 0.25) is 0 Å². The van der Waals surface area contributed by atoms with Gasteiger partial charge in [-0.05, 0) is 56.2 Å². The van der Waals surface area contributed by atoms with Gasteiger partial charge in [-0.2, -0.15) is 0 Å². The van der Waals surface area contributed by atoms with Gasteiger partial charge >= 0.3 is 0 Å². The predicted octanol–water partition coefficient (Wildman–Crippen LogP) is 3.41. The first-order valence-electron chi connectivity index (χ1n) is 8.78. The molecule has 0 unspecified atom stereocenters. The zero-order valence-electron chi connectivity index (χ0n) is 12.9. The first-order valence-corrected chi connectivity index (χ1v) is 8.78. The second kappa shape index (κ2) is 5.40. The molecule has 2 nitrogen and oxygen atoms in total. The van der Waals surface area contributed by atoms with Gasteiger partial charge in [-0.1, -0.05) is 43.2 Å². The Hall–Kier alpha value is -0.860. The summed E-state index contributed by atoms with van der Waals surface area (Å²) in [5.41, 5.74) is 0.581. The molecule has 2 heteroatoms. The van der Waals surface area contributed by atoms with E-state index in [1.807, 2.05) is 0 Å². The number of hydrogen-bond donors (Lipinski definition) is 1. The van der Waals surface area contributed by atoms with Crippen molar-refractivity contribution in [2.75, 3.05) is 19.6 Å². The van der Waals surface area contributed by atoms with Crippen molar-refractivity contribution in [3.63, 3.8) is 0 Å². The fourth-order valence-corrected chi connectivity index (χ4v) is 5.29. The molecule has 2 bridgehead atoms. The van der Waals surface area contributed by atoms with Crippen LogP contribution in [0.5, 0.6) is 0 Å². The van der Waals surface area contributed by atoms with E-state index >= 15 is 0 Å². The number of rotatable bonds is 3. The molecule has 1 saturated carbocycles. The molecule has 3 heterocycles. The zero-order chi connectivity index (χ0) is 14.3. The highest BCUT2D eigenvalue weighted by molar-refractivity contribution is 5.26. The summed E-state index contributed by atoms with van der Waals surface area (Å²) >= 11 is 0. The van der Waals surface area contributed by atoms with Crippen LogP contribution in [0, 0.1) is 17.8 Å². The quantitative estimate of drug-likeness (QED) is 0.920. The molecule has 114 valence electrons. The Labute approximate surface area is 128 Å². The number of benzene rings is 1. The lowest BCUT2D eigenvalue weighted by Gasteiger charge is -2.53. The molecule has 3 saturated heterocycles. The SMILES string of the molecule is O[C@@](c1ccccc1)(C1CCCC1)[C@@H]1CN2CCC1CC2. The van der Waals surface area contributed by atoms with Crippen molar-refractivity contribution in [3.8, 4) is 0 Å². The van der Waals surface area contributed by atoms with Crippen LogP contribution in [0.3, 0.4) is 0 Å². The normalized spacial score (nSPS) is 35.8. The van der Waals surface area contributed by atoms with Crippen molar-refractivity contribution in [1.29, 1.82) is 0 Å². The number of nitrogens with zero attached hydrogens (tertiary/aromatic N) is 1. The van der Waals surface area contributed by atoms with Gasteiger partial charge in [-0.25, -0.2) is 0 Å². The minimum atomic E-state index is -0.596. The third kappa shape index (κ3) is 2.24. The van der Waals surface area contributed by atoms with Crippen molar-refractivity contribution < 1.29 is 5.11 Å². The van der Waals surface area contributed by atoms with Crippen LogP contribution < -0.4 is 0 Å². The molecular formula is C19H27NO. The van der Waals surface area contributed by atoms with Gasteiger partial charge in [0.05, 0.1) is 5.60 Å². The molecule has 0 spiro atoms. The minimum absolute atomic E-state index is 0.436. The molecule has 2 atom stereocenters. The third-order valence-electron chi connectivity index (χ3n) is 6.44. The summed E-state index contributed by atoms with van der Waals surface area (Å²) in [5, 5.41) is 11.9. The van der Waals surface area contributed by atoms with Gasteiger partial charge in [-0.15, -0.1) is 0 Å². The molecular weight excluding hydrogens is 258 g/mol. The molecule has 0 amide bonds. The van der Waals surface area contributed by atoms with Gasteiger partial charge in [-0.3, -0.25) is 0 Å². The molecule has 4 fully saturated rings.